The van der Waals surface area contributed by atoms with Crippen LogP contribution in [0.5, 0.6) is 0 Å². The fraction of sp³-hybridized carbons (Fsp3) is 0.500. The molecule has 0 amide bonds. The Balaban J connectivity index is 1.47. The number of hydrogen-bond acceptors (Lipinski definition) is 5. The van der Waals surface area contributed by atoms with Gasteiger partial charge >= 0.3 is 0 Å². The summed E-state index contributed by atoms with van der Waals surface area (Å²) in [5, 5.41) is 19.7. The van der Waals surface area contributed by atoms with Crippen LogP contribution in [0.3, 0.4) is 0 Å². The lowest BCUT2D eigenvalue weighted by molar-refractivity contribution is -0.119. The molecule has 2 aliphatic heterocycles. The molecule has 0 bridgehead atoms. The summed E-state index contributed by atoms with van der Waals surface area (Å²) in [5.41, 5.74) is 4.40. The number of aromatic nitrogens is 4. The number of hydrogen-bond donors (Lipinski definition) is 0. The highest BCUT2D eigenvalue weighted by Gasteiger charge is 2.47. The third-order valence-electron chi connectivity index (χ3n) is 6.69. The smallest absolute Gasteiger partial charge is 0.156 e. The lowest BCUT2D eigenvalue weighted by Crippen LogP contribution is -2.63. The van der Waals surface area contributed by atoms with Gasteiger partial charge in [0.05, 0.1) is 43.4 Å². The second kappa shape index (κ2) is 6.68. The molecule has 4 heterocycles. The number of nitriles is 1. The van der Waals surface area contributed by atoms with Crippen LogP contribution in [0.25, 0.3) is 16.6 Å². The van der Waals surface area contributed by atoms with Gasteiger partial charge in [0.1, 0.15) is 5.69 Å². The minimum absolute atomic E-state index is 0.406. The molecular weight excluding hydrogens is 364 g/mol. The van der Waals surface area contributed by atoms with Crippen molar-refractivity contribution in [3.8, 4) is 11.8 Å². The van der Waals surface area contributed by atoms with Crippen LogP contribution in [-0.4, -0.2) is 56.3 Å². The highest BCUT2D eigenvalue weighted by atomic mass is 16.5. The Morgan fingerprint density at radius 1 is 1.24 bits per heavy atom. The fourth-order valence-electron chi connectivity index (χ4n) is 4.94. The first-order valence-electron chi connectivity index (χ1n) is 10.2. The third kappa shape index (κ3) is 2.86. The Bertz CT molecular complexity index is 1100. The first kappa shape index (κ1) is 18.3. The van der Waals surface area contributed by atoms with Crippen LogP contribution in [0.1, 0.15) is 30.4 Å². The second-order valence-corrected chi connectivity index (χ2v) is 8.65. The standard InChI is InChI=1S/C22H26N6O/c1-15-6-17-8-25-28(18-9-24-26(3)11-18)21(17)7-20(15)19-4-5-27(10-16(19)2)22(12-23)13-29-14-22/h6-9,11,16,19H,4-5,10,13-14H2,1-3H3/t16-,19+/m1/s1. The number of fused-ring (bicyclic) bond motifs is 1. The summed E-state index contributed by atoms with van der Waals surface area (Å²) in [6, 6.07) is 7.06. The van der Waals surface area contributed by atoms with Crippen molar-refractivity contribution < 1.29 is 4.74 Å². The van der Waals surface area contributed by atoms with Gasteiger partial charge < -0.3 is 4.74 Å². The lowest BCUT2D eigenvalue weighted by Gasteiger charge is -2.49. The summed E-state index contributed by atoms with van der Waals surface area (Å²) >= 11 is 0. The summed E-state index contributed by atoms with van der Waals surface area (Å²) < 4.78 is 9.13. The van der Waals surface area contributed by atoms with Crippen molar-refractivity contribution in [2.75, 3.05) is 26.3 Å². The average Bonchev–Trinajstić information content (AvgIpc) is 3.26. The number of likely N-dealkylation sites (tertiary alicyclic amines) is 1. The summed E-state index contributed by atoms with van der Waals surface area (Å²) in [4.78, 5) is 2.34. The monoisotopic (exact) mass is 390 g/mol. The molecule has 1 aromatic carbocycles. The normalized spacial score (nSPS) is 24.3. The Hall–Kier alpha value is -2.69. The lowest BCUT2D eigenvalue weighted by atomic mass is 9.78. The number of nitrogens with zero attached hydrogens (tertiary/aromatic N) is 6. The van der Waals surface area contributed by atoms with E-state index in [1.165, 1.54) is 11.1 Å². The highest BCUT2D eigenvalue weighted by molar-refractivity contribution is 5.82. The zero-order chi connectivity index (χ0) is 20.2. The van der Waals surface area contributed by atoms with Crippen molar-refractivity contribution >= 4 is 10.9 Å². The Morgan fingerprint density at radius 3 is 2.69 bits per heavy atom. The van der Waals surface area contributed by atoms with Crippen LogP contribution in [0.2, 0.25) is 0 Å². The maximum Gasteiger partial charge on any atom is 0.156 e. The largest absolute Gasteiger partial charge is 0.375 e. The van der Waals surface area contributed by atoms with E-state index in [-0.39, 0.29) is 0 Å². The average molecular weight is 390 g/mol. The minimum Gasteiger partial charge on any atom is -0.375 e. The summed E-state index contributed by atoms with van der Waals surface area (Å²) in [6.07, 6.45) is 6.81. The molecule has 2 aliphatic rings. The number of benzene rings is 1. The fourth-order valence-corrected chi connectivity index (χ4v) is 4.94. The molecule has 2 saturated heterocycles. The van der Waals surface area contributed by atoms with Crippen LogP contribution in [0, 0.1) is 24.2 Å². The van der Waals surface area contributed by atoms with Crippen LogP contribution in [0.15, 0.2) is 30.7 Å². The zero-order valence-electron chi connectivity index (χ0n) is 17.2. The van der Waals surface area contributed by atoms with E-state index < -0.39 is 5.54 Å². The van der Waals surface area contributed by atoms with Gasteiger partial charge in [0.25, 0.3) is 0 Å². The molecule has 0 radical (unpaired) electrons. The zero-order valence-corrected chi connectivity index (χ0v) is 17.2. The van der Waals surface area contributed by atoms with Gasteiger partial charge in [0, 0.05) is 25.5 Å². The van der Waals surface area contributed by atoms with Crippen molar-refractivity contribution in [2.24, 2.45) is 13.0 Å². The van der Waals surface area contributed by atoms with E-state index in [0.717, 1.165) is 36.1 Å². The molecule has 0 unspecified atom stereocenters. The van der Waals surface area contributed by atoms with Gasteiger partial charge in [0.15, 0.2) is 5.54 Å². The van der Waals surface area contributed by atoms with Gasteiger partial charge in [0.2, 0.25) is 0 Å². The van der Waals surface area contributed by atoms with E-state index in [4.69, 9.17) is 4.74 Å². The SMILES string of the molecule is Cc1cc2cnn(-c3cnn(C)c3)c2cc1[C@H]1CCN(C2(C#N)COC2)C[C@H]1C. The molecule has 0 N–H and O–H groups in total. The minimum atomic E-state index is -0.406. The Morgan fingerprint density at radius 2 is 2.07 bits per heavy atom. The molecule has 5 rings (SSSR count). The Labute approximate surface area is 170 Å². The number of ether oxygens (including phenoxy) is 1. The number of rotatable bonds is 3. The van der Waals surface area contributed by atoms with Crippen LogP contribution in [-0.2, 0) is 11.8 Å². The molecule has 0 spiro atoms. The molecular formula is C22H26N6O. The van der Waals surface area contributed by atoms with Crippen LogP contribution in [0.4, 0.5) is 0 Å². The molecule has 7 heteroatoms. The van der Waals surface area contributed by atoms with Gasteiger partial charge in [-0.1, -0.05) is 6.92 Å². The van der Waals surface area contributed by atoms with E-state index in [1.54, 1.807) is 4.68 Å². The van der Waals surface area contributed by atoms with E-state index in [1.807, 2.05) is 30.3 Å². The van der Waals surface area contributed by atoms with Crippen molar-refractivity contribution in [3.05, 3.63) is 41.9 Å². The molecule has 3 aromatic rings. The molecule has 2 aromatic heterocycles. The van der Waals surface area contributed by atoms with E-state index in [9.17, 15) is 5.26 Å². The van der Waals surface area contributed by atoms with Crippen LogP contribution < -0.4 is 0 Å². The summed E-state index contributed by atoms with van der Waals surface area (Å²) in [6.45, 7) is 7.45. The quantitative estimate of drug-likeness (QED) is 0.688. The molecule has 2 fully saturated rings. The maximum absolute atomic E-state index is 9.65. The Kier molecular flexibility index (Phi) is 4.23. The summed E-state index contributed by atoms with van der Waals surface area (Å²) in [7, 11) is 1.92. The topological polar surface area (TPSA) is 71.9 Å². The van der Waals surface area contributed by atoms with Crippen molar-refractivity contribution in [2.45, 2.75) is 31.7 Å². The van der Waals surface area contributed by atoms with Gasteiger partial charge in [-0.05, 0) is 48.4 Å². The molecule has 29 heavy (non-hydrogen) atoms. The maximum atomic E-state index is 9.65. The van der Waals surface area contributed by atoms with E-state index in [2.05, 4.69) is 47.1 Å². The number of aryl methyl sites for hydroxylation is 2. The predicted octanol–water partition coefficient (Wildman–Crippen LogP) is 2.79. The molecule has 7 nitrogen and oxygen atoms in total. The molecule has 0 aliphatic carbocycles. The first-order chi connectivity index (χ1) is 14.0. The van der Waals surface area contributed by atoms with Gasteiger partial charge in [-0.25, -0.2) is 4.68 Å². The van der Waals surface area contributed by atoms with Gasteiger partial charge in [-0.15, -0.1) is 0 Å². The highest BCUT2D eigenvalue weighted by Crippen LogP contribution is 2.39. The van der Waals surface area contributed by atoms with Gasteiger partial charge in [-0.3, -0.25) is 9.58 Å². The van der Waals surface area contributed by atoms with E-state index in [0.29, 0.717) is 25.0 Å². The summed E-state index contributed by atoms with van der Waals surface area (Å²) in [5.74, 6) is 0.949. The van der Waals surface area contributed by atoms with E-state index >= 15 is 0 Å². The molecule has 2 atom stereocenters. The molecule has 0 saturated carbocycles. The second-order valence-electron chi connectivity index (χ2n) is 8.65. The number of piperidine rings is 1. The molecule has 150 valence electrons. The van der Waals surface area contributed by atoms with Crippen molar-refractivity contribution in [1.29, 1.82) is 5.26 Å². The van der Waals surface area contributed by atoms with Crippen molar-refractivity contribution in [1.82, 2.24) is 24.5 Å². The van der Waals surface area contributed by atoms with Crippen molar-refractivity contribution in [3.63, 3.8) is 0 Å². The first-order valence-corrected chi connectivity index (χ1v) is 10.2. The third-order valence-corrected chi connectivity index (χ3v) is 6.69. The van der Waals surface area contributed by atoms with Gasteiger partial charge in [-0.2, -0.15) is 15.5 Å². The van der Waals surface area contributed by atoms with Crippen LogP contribution >= 0.6 is 0 Å². The predicted molar refractivity (Wildman–Crippen MR) is 110 cm³/mol.